The van der Waals surface area contributed by atoms with Gasteiger partial charge in [-0.2, -0.15) is 17.7 Å². The van der Waals surface area contributed by atoms with Gasteiger partial charge in [-0.15, -0.1) is 5.56 Å². The zero-order valence-electron chi connectivity index (χ0n) is 15.3. The Balaban J connectivity index is 0. The molecule has 0 amide bonds. The van der Waals surface area contributed by atoms with E-state index in [1.54, 1.807) is 0 Å². The quantitative estimate of drug-likeness (QED) is 0.295. The fraction of sp³-hybridized carbons (Fsp3) is 0.227. The summed E-state index contributed by atoms with van der Waals surface area (Å²) in [6, 6.07) is 24.7. The molecule has 4 heteroatoms. The Hall–Kier alpha value is -0.626. The Morgan fingerprint density at radius 3 is 1.69 bits per heavy atom. The average molecular weight is 442 g/mol. The van der Waals surface area contributed by atoms with Crippen LogP contribution in [0.15, 0.2) is 66.7 Å². The van der Waals surface area contributed by atoms with Gasteiger partial charge in [0.2, 0.25) is 0 Å². The summed E-state index contributed by atoms with van der Waals surface area (Å²) in [6.45, 7) is 6.55. The van der Waals surface area contributed by atoms with Crippen molar-refractivity contribution in [3.05, 3.63) is 100 Å². The average Bonchev–Trinajstić information content (AvgIpc) is 2.96. The minimum Gasteiger partial charge on any atom is -1.00 e. The number of halogens is 3. The summed E-state index contributed by atoms with van der Waals surface area (Å²) in [5.41, 5.74) is 8.20. The van der Waals surface area contributed by atoms with Gasteiger partial charge in [0.05, 0.1) is 0 Å². The van der Waals surface area contributed by atoms with Gasteiger partial charge in [0, 0.05) is 0 Å². The van der Waals surface area contributed by atoms with Gasteiger partial charge < -0.3 is 37.2 Å². The van der Waals surface area contributed by atoms with Crippen LogP contribution < -0.4 is 37.2 Å². The second kappa shape index (κ2) is 12.7. The molecule has 0 saturated carbocycles. The van der Waals surface area contributed by atoms with Crippen molar-refractivity contribution in [3.63, 3.8) is 0 Å². The molecule has 0 atom stereocenters. The number of rotatable bonds is 4. The Bertz CT molecular complexity index is 735. The van der Waals surface area contributed by atoms with Crippen LogP contribution in [0, 0.1) is 13.8 Å². The maximum Gasteiger partial charge on any atom is 4.00 e. The number of hydrogen-bond acceptors (Lipinski definition) is 0. The van der Waals surface area contributed by atoms with Crippen LogP contribution in [0.1, 0.15) is 46.2 Å². The van der Waals surface area contributed by atoms with Gasteiger partial charge in [0.25, 0.3) is 0 Å². The first-order valence-corrected chi connectivity index (χ1v) is 8.06. The largest absolute Gasteiger partial charge is 4.00 e. The fourth-order valence-electron chi connectivity index (χ4n) is 3.19. The molecule has 26 heavy (non-hydrogen) atoms. The van der Waals surface area contributed by atoms with Gasteiger partial charge in [-0.05, 0) is 30.9 Å². The van der Waals surface area contributed by atoms with Gasteiger partial charge in [-0.3, -0.25) is 0 Å². The van der Waals surface area contributed by atoms with Crippen molar-refractivity contribution >= 4 is 0 Å². The van der Waals surface area contributed by atoms with E-state index in [0.717, 1.165) is 6.42 Å². The second-order valence-electron chi connectivity index (χ2n) is 6.17. The Morgan fingerprint density at radius 1 is 0.808 bits per heavy atom. The number of benzene rings is 2. The van der Waals surface area contributed by atoms with Crippen LogP contribution in [0.3, 0.4) is 0 Å². The summed E-state index contributed by atoms with van der Waals surface area (Å²) in [7, 11) is 0. The molecule has 3 rings (SSSR count). The molecule has 0 unspecified atom stereocenters. The zero-order valence-corrected chi connectivity index (χ0v) is 19.1. The van der Waals surface area contributed by atoms with Crippen molar-refractivity contribution in [1.29, 1.82) is 0 Å². The SMILES string of the molecule is CCc1cc[c-](C(c2cccc(C)c2)c2cccc(C)c2)c1.[Cl-].[Cl-].[Cl-].[Ti+4]. The van der Waals surface area contributed by atoms with E-state index in [9.17, 15) is 0 Å². The predicted octanol–water partition coefficient (Wildman–Crippen LogP) is -3.23. The van der Waals surface area contributed by atoms with Crippen LogP contribution >= 0.6 is 0 Å². The summed E-state index contributed by atoms with van der Waals surface area (Å²) in [6.07, 6.45) is 1.09. The van der Waals surface area contributed by atoms with Gasteiger partial charge in [0.1, 0.15) is 0 Å². The van der Waals surface area contributed by atoms with Gasteiger partial charge >= 0.3 is 21.7 Å². The van der Waals surface area contributed by atoms with E-state index in [0.29, 0.717) is 5.92 Å². The molecule has 0 N–H and O–H groups in total. The van der Waals surface area contributed by atoms with Crippen LogP contribution in [0.2, 0.25) is 0 Å². The molecule has 136 valence electrons. The van der Waals surface area contributed by atoms with Gasteiger partial charge in [-0.1, -0.05) is 73.0 Å². The van der Waals surface area contributed by atoms with Crippen molar-refractivity contribution in [3.8, 4) is 0 Å². The molecule has 0 nitrogen and oxygen atoms in total. The molecule has 0 fully saturated rings. The maximum absolute atomic E-state index is 2.36. The van der Waals surface area contributed by atoms with Crippen molar-refractivity contribution in [2.45, 2.75) is 33.1 Å². The third-order valence-corrected chi connectivity index (χ3v) is 4.33. The summed E-state index contributed by atoms with van der Waals surface area (Å²) < 4.78 is 0. The van der Waals surface area contributed by atoms with Crippen LogP contribution in [0.4, 0.5) is 0 Å². The third kappa shape index (κ3) is 6.52. The van der Waals surface area contributed by atoms with E-state index < -0.39 is 0 Å². The molecule has 0 heterocycles. The van der Waals surface area contributed by atoms with Crippen LogP contribution in [-0.4, -0.2) is 0 Å². The van der Waals surface area contributed by atoms with E-state index in [1.165, 1.54) is 33.4 Å². The molecule has 0 bridgehead atoms. The first-order valence-electron chi connectivity index (χ1n) is 8.06. The molecule has 0 aromatic heterocycles. The van der Waals surface area contributed by atoms with Crippen molar-refractivity contribution in [2.24, 2.45) is 0 Å². The minimum atomic E-state index is 0. The standard InChI is InChI=1S/C22H23.3ClH.Ti/c1-4-18-11-12-21(15-18)22(19-9-5-7-16(2)13-19)20-10-6-8-17(3)14-20;;;;/h5-15,22H,4H2,1-3H3;3*1H;/q-1;;;;+4/p-3. The Kier molecular flexibility index (Phi) is 13.5. The summed E-state index contributed by atoms with van der Waals surface area (Å²) in [5, 5.41) is 0. The first kappa shape index (κ1) is 27.6. The number of hydrogen-bond donors (Lipinski definition) is 0. The molecule has 3 aromatic carbocycles. The van der Waals surface area contributed by atoms with E-state index in [2.05, 4.69) is 87.5 Å². The second-order valence-corrected chi connectivity index (χ2v) is 6.17. The zero-order chi connectivity index (χ0) is 15.5. The first-order chi connectivity index (χ1) is 10.7. The molecule has 0 radical (unpaired) electrons. The molecular weight excluding hydrogens is 418 g/mol. The fourth-order valence-corrected chi connectivity index (χ4v) is 3.19. The number of aryl methyl sites for hydroxylation is 3. The van der Waals surface area contributed by atoms with Crippen LogP contribution in [0.5, 0.6) is 0 Å². The topological polar surface area (TPSA) is 0 Å². The van der Waals surface area contributed by atoms with Gasteiger partial charge in [-0.25, -0.2) is 6.07 Å². The van der Waals surface area contributed by atoms with Crippen LogP contribution in [0.25, 0.3) is 0 Å². The molecular formula is C22H23Cl3Ti. The summed E-state index contributed by atoms with van der Waals surface area (Å²) in [5.74, 6) is 0.320. The molecule has 3 aromatic rings. The van der Waals surface area contributed by atoms with E-state index in [4.69, 9.17) is 0 Å². The normalized spacial score (nSPS) is 9.38. The Labute approximate surface area is 191 Å². The van der Waals surface area contributed by atoms with Crippen molar-refractivity contribution in [2.75, 3.05) is 0 Å². The minimum absolute atomic E-state index is 0. The maximum atomic E-state index is 2.36. The molecule has 0 saturated heterocycles. The molecule has 0 aliphatic heterocycles. The summed E-state index contributed by atoms with van der Waals surface area (Å²) in [4.78, 5) is 0. The van der Waals surface area contributed by atoms with Crippen LogP contribution in [-0.2, 0) is 28.1 Å². The van der Waals surface area contributed by atoms with E-state index in [-0.39, 0.29) is 58.9 Å². The monoisotopic (exact) mass is 440 g/mol. The van der Waals surface area contributed by atoms with E-state index in [1.807, 2.05) is 0 Å². The van der Waals surface area contributed by atoms with Crippen molar-refractivity contribution < 1.29 is 58.9 Å². The van der Waals surface area contributed by atoms with Gasteiger partial charge in [0.15, 0.2) is 0 Å². The van der Waals surface area contributed by atoms with E-state index >= 15 is 0 Å². The van der Waals surface area contributed by atoms with Crippen molar-refractivity contribution in [1.82, 2.24) is 0 Å². The predicted molar refractivity (Wildman–Crippen MR) is 94.7 cm³/mol. The molecule has 0 spiro atoms. The molecule has 0 aliphatic carbocycles. The summed E-state index contributed by atoms with van der Waals surface area (Å²) >= 11 is 0. The Morgan fingerprint density at radius 2 is 1.31 bits per heavy atom. The smallest absolute Gasteiger partial charge is 1.00 e. The third-order valence-electron chi connectivity index (χ3n) is 4.33. The molecule has 0 aliphatic rings.